The first-order valence-electron chi connectivity index (χ1n) is 7.44. The van der Waals surface area contributed by atoms with E-state index in [-0.39, 0.29) is 23.4 Å². The third-order valence-electron chi connectivity index (χ3n) is 4.35. The van der Waals surface area contributed by atoms with Crippen molar-refractivity contribution in [3.8, 4) is 0 Å². The van der Waals surface area contributed by atoms with E-state index in [1.165, 1.54) is 6.07 Å². The maximum atomic E-state index is 14.0. The molecule has 1 aromatic carbocycles. The zero-order chi connectivity index (χ0) is 15.7. The van der Waals surface area contributed by atoms with Crippen LogP contribution >= 0.6 is 0 Å². The average molecular weight is 308 g/mol. The highest BCUT2D eigenvalue weighted by Crippen LogP contribution is 2.30. The molecule has 1 aromatic rings. The summed E-state index contributed by atoms with van der Waals surface area (Å²) in [5.41, 5.74) is -0.471. The highest BCUT2D eigenvalue weighted by molar-refractivity contribution is 5.95. The number of ether oxygens (including phenoxy) is 1. The van der Waals surface area contributed by atoms with Gasteiger partial charge in [-0.25, -0.2) is 4.39 Å². The van der Waals surface area contributed by atoms with Gasteiger partial charge in [0.25, 0.3) is 11.6 Å². The van der Waals surface area contributed by atoms with E-state index in [2.05, 4.69) is 0 Å². The number of carbonyl (C=O) groups is 1. The summed E-state index contributed by atoms with van der Waals surface area (Å²) >= 11 is 0. The van der Waals surface area contributed by atoms with E-state index in [0.29, 0.717) is 13.2 Å². The summed E-state index contributed by atoms with van der Waals surface area (Å²) in [6, 6.07) is 3.13. The van der Waals surface area contributed by atoms with Gasteiger partial charge in [-0.3, -0.25) is 14.9 Å². The molecular formula is C15H17FN2O4. The van der Waals surface area contributed by atoms with Crippen molar-refractivity contribution >= 4 is 11.6 Å². The van der Waals surface area contributed by atoms with E-state index < -0.39 is 16.6 Å². The standard InChI is InChI=1S/C15H17FN2O4/c16-12-9-10(18(20)21)5-6-11(12)15(19)17-7-1-3-13(17)14-4-2-8-22-14/h5-6,9,13-14H,1-4,7-8H2/t13-,14+/m0/s1. The van der Waals surface area contributed by atoms with Crippen LogP contribution in [0, 0.1) is 15.9 Å². The number of carbonyl (C=O) groups excluding carboxylic acids is 1. The summed E-state index contributed by atoms with van der Waals surface area (Å²) < 4.78 is 19.7. The zero-order valence-corrected chi connectivity index (χ0v) is 12.0. The number of non-ortho nitro benzene ring substituents is 1. The van der Waals surface area contributed by atoms with E-state index in [4.69, 9.17) is 4.74 Å². The van der Waals surface area contributed by atoms with Gasteiger partial charge in [-0.15, -0.1) is 0 Å². The molecule has 0 bridgehead atoms. The molecule has 2 saturated heterocycles. The molecule has 0 spiro atoms. The smallest absolute Gasteiger partial charge is 0.272 e. The number of amides is 1. The highest BCUT2D eigenvalue weighted by atomic mass is 19.1. The van der Waals surface area contributed by atoms with Gasteiger partial charge in [-0.05, 0) is 31.7 Å². The van der Waals surface area contributed by atoms with Crippen LogP contribution in [0.25, 0.3) is 0 Å². The summed E-state index contributed by atoms with van der Waals surface area (Å²) in [5, 5.41) is 10.6. The summed E-state index contributed by atoms with van der Waals surface area (Å²) in [6.07, 6.45) is 3.63. The maximum absolute atomic E-state index is 14.0. The third-order valence-corrected chi connectivity index (χ3v) is 4.35. The van der Waals surface area contributed by atoms with E-state index >= 15 is 0 Å². The summed E-state index contributed by atoms with van der Waals surface area (Å²) in [4.78, 5) is 24.2. The molecule has 3 rings (SSSR count). The van der Waals surface area contributed by atoms with E-state index in [1.807, 2.05) is 0 Å². The Morgan fingerprint density at radius 3 is 2.82 bits per heavy atom. The average Bonchev–Trinajstić information content (AvgIpc) is 3.16. The van der Waals surface area contributed by atoms with E-state index in [0.717, 1.165) is 37.8 Å². The van der Waals surface area contributed by atoms with Crippen molar-refractivity contribution in [1.29, 1.82) is 0 Å². The van der Waals surface area contributed by atoms with Crippen LogP contribution in [0.2, 0.25) is 0 Å². The Bertz CT molecular complexity index is 601. The normalized spacial score (nSPS) is 24.7. The van der Waals surface area contributed by atoms with Gasteiger partial charge < -0.3 is 9.64 Å². The molecule has 2 fully saturated rings. The van der Waals surface area contributed by atoms with Gasteiger partial charge in [0.15, 0.2) is 0 Å². The van der Waals surface area contributed by atoms with Crippen molar-refractivity contribution in [3.63, 3.8) is 0 Å². The zero-order valence-electron chi connectivity index (χ0n) is 12.0. The van der Waals surface area contributed by atoms with Gasteiger partial charge in [0, 0.05) is 19.2 Å². The highest BCUT2D eigenvalue weighted by Gasteiger charge is 2.37. The molecule has 2 heterocycles. The van der Waals surface area contributed by atoms with Crippen LogP contribution in [0.1, 0.15) is 36.0 Å². The Morgan fingerprint density at radius 1 is 1.36 bits per heavy atom. The lowest BCUT2D eigenvalue weighted by atomic mass is 10.0. The van der Waals surface area contributed by atoms with Crippen LogP contribution < -0.4 is 0 Å². The van der Waals surface area contributed by atoms with Crippen LogP contribution in [0.15, 0.2) is 18.2 Å². The van der Waals surface area contributed by atoms with Crippen LogP contribution in [0.5, 0.6) is 0 Å². The number of nitro benzene ring substituents is 1. The predicted octanol–water partition coefficient (Wildman–Crippen LogP) is 2.52. The molecule has 2 aliphatic heterocycles. The second kappa shape index (κ2) is 6.00. The Morgan fingerprint density at radius 2 is 2.18 bits per heavy atom. The van der Waals surface area contributed by atoms with Gasteiger partial charge in [-0.1, -0.05) is 0 Å². The molecule has 0 aliphatic carbocycles. The fraction of sp³-hybridized carbons (Fsp3) is 0.533. The quantitative estimate of drug-likeness (QED) is 0.635. The van der Waals surface area contributed by atoms with Crippen molar-refractivity contribution in [3.05, 3.63) is 39.7 Å². The number of hydrogen-bond acceptors (Lipinski definition) is 4. The van der Waals surface area contributed by atoms with E-state index in [1.54, 1.807) is 4.90 Å². The number of nitro groups is 1. The lowest BCUT2D eigenvalue weighted by Gasteiger charge is -2.29. The molecular weight excluding hydrogens is 291 g/mol. The Balaban J connectivity index is 1.82. The van der Waals surface area contributed by atoms with Crippen LogP contribution in [0.3, 0.4) is 0 Å². The van der Waals surface area contributed by atoms with Crippen LogP contribution in [-0.4, -0.2) is 41.0 Å². The molecule has 0 saturated carbocycles. The molecule has 0 unspecified atom stereocenters. The van der Waals surface area contributed by atoms with Gasteiger partial charge in [-0.2, -0.15) is 0 Å². The second-order valence-corrected chi connectivity index (χ2v) is 5.68. The summed E-state index contributed by atoms with van der Waals surface area (Å²) in [5.74, 6) is -1.26. The lowest BCUT2D eigenvalue weighted by molar-refractivity contribution is -0.385. The topological polar surface area (TPSA) is 72.7 Å². The fourth-order valence-electron chi connectivity index (χ4n) is 3.28. The first-order valence-corrected chi connectivity index (χ1v) is 7.44. The number of nitrogens with zero attached hydrogens (tertiary/aromatic N) is 2. The monoisotopic (exact) mass is 308 g/mol. The number of hydrogen-bond donors (Lipinski definition) is 0. The van der Waals surface area contributed by atoms with Gasteiger partial charge >= 0.3 is 0 Å². The van der Waals surface area contributed by atoms with Crippen molar-refractivity contribution in [2.75, 3.05) is 13.2 Å². The number of halogens is 1. The molecule has 2 atom stereocenters. The van der Waals surface area contributed by atoms with E-state index in [9.17, 15) is 19.3 Å². The first-order chi connectivity index (χ1) is 10.6. The molecule has 0 aromatic heterocycles. The van der Waals surface area contributed by atoms with Gasteiger partial charge in [0.1, 0.15) is 5.82 Å². The molecule has 7 heteroatoms. The summed E-state index contributed by atoms with van der Waals surface area (Å²) in [6.45, 7) is 1.27. The van der Waals surface area contributed by atoms with Crippen molar-refractivity contribution in [2.24, 2.45) is 0 Å². The van der Waals surface area contributed by atoms with Gasteiger partial charge in [0.05, 0.1) is 28.7 Å². The van der Waals surface area contributed by atoms with Crippen LogP contribution in [-0.2, 0) is 4.74 Å². The van der Waals surface area contributed by atoms with Crippen molar-refractivity contribution < 1.29 is 18.8 Å². The fourth-order valence-corrected chi connectivity index (χ4v) is 3.28. The molecule has 0 radical (unpaired) electrons. The minimum atomic E-state index is -0.850. The summed E-state index contributed by atoms with van der Waals surface area (Å²) in [7, 11) is 0. The first kappa shape index (κ1) is 14.9. The maximum Gasteiger partial charge on any atom is 0.272 e. The molecule has 0 N–H and O–H groups in total. The predicted molar refractivity (Wildman–Crippen MR) is 76.1 cm³/mol. The SMILES string of the molecule is O=C(c1ccc([N+](=O)[O-])cc1F)N1CCC[C@H]1[C@H]1CCCO1. The van der Waals surface area contributed by atoms with Crippen molar-refractivity contribution in [1.82, 2.24) is 4.90 Å². The molecule has 22 heavy (non-hydrogen) atoms. The Hall–Kier alpha value is -2.02. The molecule has 1 amide bonds. The molecule has 2 aliphatic rings. The lowest BCUT2D eigenvalue weighted by Crippen LogP contribution is -2.42. The molecule has 6 nitrogen and oxygen atoms in total. The second-order valence-electron chi connectivity index (χ2n) is 5.68. The number of rotatable bonds is 3. The molecule has 118 valence electrons. The Labute approximate surface area is 127 Å². The third kappa shape index (κ3) is 2.68. The minimum absolute atomic E-state index is 0.0209. The minimum Gasteiger partial charge on any atom is -0.376 e. The van der Waals surface area contributed by atoms with Crippen molar-refractivity contribution in [2.45, 2.75) is 37.8 Å². The number of likely N-dealkylation sites (tertiary alicyclic amines) is 1. The Kier molecular flexibility index (Phi) is 4.06. The largest absolute Gasteiger partial charge is 0.376 e. The number of benzene rings is 1. The van der Waals surface area contributed by atoms with Crippen LogP contribution in [0.4, 0.5) is 10.1 Å². The van der Waals surface area contributed by atoms with Gasteiger partial charge in [0.2, 0.25) is 0 Å².